The molecule has 1 aliphatic rings. The van der Waals surface area contributed by atoms with E-state index < -0.39 is 0 Å². The first-order valence-electron chi connectivity index (χ1n) is 18.0. The Labute approximate surface area is 309 Å². The average molecular weight is 703 g/mol. The van der Waals surface area contributed by atoms with Gasteiger partial charge in [-0.25, -0.2) is 4.68 Å². The Balaban J connectivity index is 0.000000199. The van der Waals surface area contributed by atoms with Gasteiger partial charge in [-0.1, -0.05) is 88.4 Å². The standard InChI is InChI=1S/C24H29N3O.C19H21N3.ClH/c1-17(2)13-20-15-22(25-16-21(20)19-9-5-4-6-10-19)23-14-18(3)26-27(23)24-11-7-8-12-28-24;1-13(2)9-16-11-18(19-10-14(3)21-22-19)20-12-17(16)15-7-5-4-6-8-15;/h4-6,9-10,14-17,24H,7-8,11-13H2,1-3H3;4-8,10-13H,9H2,1-3H3,(H,21,22);1H. The predicted octanol–water partition coefficient (Wildman–Crippen LogP) is 10.9. The molecule has 0 amide bonds. The molecule has 7 nitrogen and oxygen atoms in total. The van der Waals surface area contributed by atoms with Crippen molar-refractivity contribution in [2.75, 3.05) is 6.61 Å². The molecule has 1 fully saturated rings. The van der Waals surface area contributed by atoms with Crippen LogP contribution in [-0.4, -0.2) is 36.6 Å². The molecule has 1 N–H and O–H groups in total. The summed E-state index contributed by atoms with van der Waals surface area (Å²) in [5, 5.41) is 12.0. The molecule has 1 atom stereocenters. The summed E-state index contributed by atoms with van der Waals surface area (Å²) in [6.07, 6.45) is 9.40. The van der Waals surface area contributed by atoms with E-state index in [1.54, 1.807) is 0 Å². The highest BCUT2D eigenvalue weighted by molar-refractivity contribution is 5.85. The van der Waals surface area contributed by atoms with Crippen LogP contribution in [0.15, 0.2) is 97.3 Å². The first-order chi connectivity index (χ1) is 24.2. The van der Waals surface area contributed by atoms with E-state index in [-0.39, 0.29) is 18.6 Å². The Morgan fingerprint density at radius 3 is 1.80 bits per heavy atom. The molecule has 51 heavy (non-hydrogen) atoms. The monoisotopic (exact) mass is 702 g/mol. The van der Waals surface area contributed by atoms with Crippen molar-refractivity contribution in [3.63, 3.8) is 0 Å². The van der Waals surface area contributed by atoms with Crippen LogP contribution < -0.4 is 0 Å². The van der Waals surface area contributed by atoms with Crippen molar-refractivity contribution in [3.8, 4) is 45.0 Å². The molecule has 0 bridgehead atoms. The van der Waals surface area contributed by atoms with Crippen LogP contribution >= 0.6 is 12.4 Å². The minimum atomic E-state index is 0. The van der Waals surface area contributed by atoms with E-state index in [4.69, 9.17) is 14.8 Å². The molecule has 2 aromatic carbocycles. The molecular formula is C43H51ClN6O. The minimum Gasteiger partial charge on any atom is -0.356 e. The van der Waals surface area contributed by atoms with Crippen LogP contribution in [0.5, 0.6) is 0 Å². The van der Waals surface area contributed by atoms with Gasteiger partial charge >= 0.3 is 0 Å². The maximum Gasteiger partial charge on any atom is 0.150 e. The van der Waals surface area contributed by atoms with E-state index in [1.165, 1.54) is 39.8 Å². The highest BCUT2D eigenvalue weighted by Gasteiger charge is 2.22. The zero-order valence-electron chi connectivity index (χ0n) is 30.8. The summed E-state index contributed by atoms with van der Waals surface area (Å²) < 4.78 is 8.04. The lowest BCUT2D eigenvalue weighted by atomic mass is 9.94. The average Bonchev–Trinajstić information content (AvgIpc) is 3.74. The maximum atomic E-state index is 6.00. The van der Waals surface area contributed by atoms with Crippen LogP contribution in [0.3, 0.4) is 0 Å². The molecule has 0 aliphatic carbocycles. The van der Waals surface area contributed by atoms with Gasteiger partial charge in [0.1, 0.15) is 5.69 Å². The number of hydrogen-bond acceptors (Lipinski definition) is 5. The van der Waals surface area contributed by atoms with Gasteiger partial charge in [-0.3, -0.25) is 15.1 Å². The van der Waals surface area contributed by atoms with Crippen molar-refractivity contribution in [2.45, 2.75) is 79.9 Å². The Hall–Kier alpha value is -4.59. The number of benzene rings is 2. The Morgan fingerprint density at radius 1 is 0.725 bits per heavy atom. The molecular weight excluding hydrogens is 652 g/mol. The number of nitrogens with one attached hydrogen (secondary N) is 1. The molecule has 7 rings (SSSR count). The summed E-state index contributed by atoms with van der Waals surface area (Å²) in [5.74, 6) is 1.17. The SMILES string of the molecule is Cc1cc(-c2cc(CC(C)C)c(-c3ccccc3)cn2)n(C2CCCCO2)n1.Cc1cc(-c2cc(CC(C)C)c(-c3ccccc3)cn2)n[nH]1.Cl. The molecule has 0 radical (unpaired) electrons. The van der Waals surface area contributed by atoms with Gasteiger partial charge in [-0.05, 0) is 104 Å². The zero-order chi connectivity index (χ0) is 35.0. The molecule has 266 valence electrons. The van der Waals surface area contributed by atoms with Gasteiger partial charge in [0.15, 0.2) is 6.23 Å². The summed E-state index contributed by atoms with van der Waals surface area (Å²) in [7, 11) is 0. The van der Waals surface area contributed by atoms with Crippen LogP contribution in [0.1, 0.15) is 75.7 Å². The summed E-state index contributed by atoms with van der Waals surface area (Å²) in [5.41, 5.74) is 13.4. The predicted molar refractivity (Wildman–Crippen MR) is 211 cm³/mol. The number of hydrogen-bond donors (Lipinski definition) is 1. The maximum absolute atomic E-state index is 6.00. The summed E-state index contributed by atoms with van der Waals surface area (Å²) in [6.45, 7) is 13.9. The lowest BCUT2D eigenvalue weighted by Crippen LogP contribution is -2.20. The molecule has 0 spiro atoms. The lowest BCUT2D eigenvalue weighted by molar-refractivity contribution is -0.0385. The summed E-state index contributed by atoms with van der Waals surface area (Å²) in [6, 6.07) is 29.6. The number of H-pyrrole nitrogens is 1. The smallest absolute Gasteiger partial charge is 0.150 e. The summed E-state index contributed by atoms with van der Waals surface area (Å²) >= 11 is 0. The fourth-order valence-electron chi connectivity index (χ4n) is 6.64. The fourth-order valence-corrected chi connectivity index (χ4v) is 6.64. The lowest BCUT2D eigenvalue weighted by Gasteiger charge is -2.24. The van der Waals surface area contributed by atoms with Crippen LogP contribution in [0.25, 0.3) is 45.0 Å². The molecule has 4 aromatic heterocycles. The van der Waals surface area contributed by atoms with Gasteiger partial charge in [0.25, 0.3) is 0 Å². The number of aryl methyl sites for hydroxylation is 2. The third kappa shape index (κ3) is 9.60. The van der Waals surface area contributed by atoms with Gasteiger partial charge in [-0.2, -0.15) is 10.2 Å². The second-order valence-electron chi connectivity index (χ2n) is 14.3. The zero-order valence-corrected chi connectivity index (χ0v) is 31.6. The fraction of sp³-hybridized carbons (Fsp3) is 0.349. The van der Waals surface area contributed by atoms with E-state index in [1.807, 2.05) is 43.1 Å². The van der Waals surface area contributed by atoms with Crippen molar-refractivity contribution in [3.05, 3.63) is 120 Å². The Kier molecular flexibility index (Phi) is 13.0. The van der Waals surface area contributed by atoms with Crippen molar-refractivity contribution in [1.82, 2.24) is 29.9 Å². The second kappa shape index (κ2) is 17.6. The Bertz CT molecular complexity index is 1980. The molecule has 8 heteroatoms. The number of halogens is 1. The van der Waals surface area contributed by atoms with Gasteiger partial charge in [-0.15, -0.1) is 12.4 Å². The van der Waals surface area contributed by atoms with E-state index in [0.29, 0.717) is 11.8 Å². The van der Waals surface area contributed by atoms with E-state index in [2.05, 4.69) is 116 Å². The van der Waals surface area contributed by atoms with Crippen molar-refractivity contribution in [1.29, 1.82) is 0 Å². The highest BCUT2D eigenvalue weighted by atomic mass is 35.5. The topological polar surface area (TPSA) is 81.5 Å². The van der Waals surface area contributed by atoms with Crippen molar-refractivity contribution < 1.29 is 4.74 Å². The molecule has 1 aliphatic heterocycles. The van der Waals surface area contributed by atoms with Gasteiger partial charge < -0.3 is 4.74 Å². The molecule has 1 unspecified atom stereocenters. The highest BCUT2D eigenvalue weighted by Crippen LogP contribution is 2.33. The molecule has 6 aromatic rings. The normalized spacial score (nSPS) is 14.2. The molecule has 0 saturated carbocycles. The largest absolute Gasteiger partial charge is 0.356 e. The number of nitrogens with zero attached hydrogens (tertiary/aromatic N) is 5. The quantitative estimate of drug-likeness (QED) is 0.162. The van der Waals surface area contributed by atoms with E-state index in [0.717, 1.165) is 66.5 Å². The van der Waals surface area contributed by atoms with Crippen LogP contribution in [0.4, 0.5) is 0 Å². The van der Waals surface area contributed by atoms with E-state index in [9.17, 15) is 0 Å². The molecule has 1 saturated heterocycles. The van der Waals surface area contributed by atoms with Crippen molar-refractivity contribution >= 4 is 12.4 Å². The summed E-state index contributed by atoms with van der Waals surface area (Å²) in [4.78, 5) is 9.47. The number of pyridine rings is 2. The van der Waals surface area contributed by atoms with E-state index >= 15 is 0 Å². The number of rotatable bonds is 9. The first kappa shape index (κ1) is 37.7. The van der Waals surface area contributed by atoms with Gasteiger partial charge in [0.05, 0.1) is 22.8 Å². The number of aromatic nitrogens is 6. The van der Waals surface area contributed by atoms with Crippen LogP contribution in [0.2, 0.25) is 0 Å². The van der Waals surface area contributed by atoms with Gasteiger partial charge in [0, 0.05) is 35.8 Å². The third-order valence-corrected chi connectivity index (χ3v) is 8.92. The third-order valence-electron chi connectivity index (χ3n) is 8.92. The van der Waals surface area contributed by atoms with Crippen LogP contribution in [-0.2, 0) is 17.6 Å². The first-order valence-corrected chi connectivity index (χ1v) is 18.0. The molecule has 5 heterocycles. The minimum absolute atomic E-state index is 0. The number of ether oxygens (including phenoxy) is 1. The van der Waals surface area contributed by atoms with Gasteiger partial charge in [0.2, 0.25) is 0 Å². The van der Waals surface area contributed by atoms with Crippen molar-refractivity contribution in [2.24, 2.45) is 11.8 Å². The second-order valence-corrected chi connectivity index (χ2v) is 14.3. The Morgan fingerprint density at radius 2 is 1.29 bits per heavy atom. The van der Waals surface area contributed by atoms with Crippen LogP contribution in [0, 0.1) is 25.7 Å². The number of aromatic amines is 1.